The number of benzene rings is 1. The fourth-order valence-corrected chi connectivity index (χ4v) is 2.84. The lowest BCUT2D eigenvalue weighted by Crippen LogP contribution is -2.44. The summed E-state index contributed by atoms with van der Waals surface area (Å²) in [5.74, 6) is 0.0881. The van der Waals surface area contributed by atoms with Gasteiger partial charge < -0.3 is 16.0 Å². The molecule has 1 aromatic carbocycles. The Hall–Kier alpha value is -1.55. The highest BCUT2D eigenvalue weighted by Crippen LogP contribution is 2.13. The number of amides is 1. The predicted molar refractivity (Wildman–Crippen MR) is 82.5 cm³/mol. The molecule has 0 unspecified atom stereocenters. The molecule has 4 heteroatoms. The monoisotopic (exact) mass is 275 g/mol. The first-order chi connectivity index (χ1) is 9.63. The highest BCUT2D eigenvalue weighted by molar-refractivity contribution is 5.73. The largest absolute Gasteiger partial charge is 0.399 e. The number of hydrogen-bond donors (Lipinski definition) is 2. The fourth-order valence-electron chi connectivity index (χ4n) is 2.84. The van der Waals surface area contributed by atoms with Crippen molar-refractivity contribution >= 4 is 11.6 Å². The van der Waals surface area contributed by atoms with E-state index in [9.17, 15) is 4.79 Å². The number of anilines is 1. The quantitative estimate of drug-likeness (QED) is 0.806. The third kappa shape index (κ3) is 4.85. The predicted octanol–water partition coefficient (Wildman–Crippen LogP) is 1.80. The van der Waals surface area contributed by atoms with Gasteiger partial charge in [-0.05, 0) is 49.9 Å². The van der Waals surface area contributed by atoms with Gasteiger partial charge in [0.05, 0.1) is 0 Å². The van der Waals surface area contributed by atoms with Crippen LogP contribution in [0.25, 0.3) is 0 Å². The number of likely N-dealkylation sites (tertiary alicyclic amines) is 1. The Bertz CT molecular complexity index is 439. The second kappa shape index (κ2) is 7.29. The minimum Gasteiger partial charge on any atom is -0.399 e. The maximum absolute atomic E-state index is 11.0. The SMILES string of the molecule is CC(=O)NC1CCN(CCCc2cccc(N)c2)CC1. The minimum absolute atomic E-state index is 0.0881. The van der Waals surface area contributed by atoms with Crippen LogP contribution in [0.1, 0.15) is 31.7 Å². The average molecular weight is 275 g/mol. The molecule has 0 radical (unpaired) electrons. The molecule has 1 aliphatic heterocycles. The molecule has 0 atom stereocenters. The van der Waals surface area contributed by atoms with Crippen molar-refractivity contribution in [2.24, 2.45) is 0 Å². The summed E-state index contributed by atoms with van der Waals surface area (Å²) in [6.07, 6.45) is 4.38. The molecule has 0 bridgehead atoms. The van der Waals surface area contributed by atoms with Crippen LogP contribution in [-0.2, 0) is 11.2 Å². The smallest absolute Gasteiger partial charge is 0.217 e. The van der Waals surface area contributed by atoms with Gasteiger partial charge in [0.1, 0.15) is 0 Å². The van der Waals surface area contributed by atoms with Gasteiger partial charge in [-0.2, -0.15) is 0 Å². The molecule has 0 aromatic heterocycles. The number of carbonyl (C=O) groups is 1. The van der Waals surface area contributed by atoms with Crippen molar-refractivity contribution in [3.63, 3.8) is 0 Å². The van der Waals surface area contributed by atoms with Gasteiger partial charge >= 0.3 is 0 Å². The first-order valence-electron chi connectivity index (χ1n) is 7.47. The van der Waals surface area contributed by atoms with E-state index in [4.69, 9.17) is 5.73 Å². The van der Waals surface area contributed by atoms with E-state index in [0.29, 0.717) is 6.04 Å². The van der Waals surface area contributed by atoms with E-state index in [0.717, 1.165) is 51.0 Å². The van der Waals surface area contributed by atoms with Crippen LogP contribution in [-0.4, -0.2) is 36.5 Å². The van der Waals surface area contributed by atoms with Crippen molar-refractivity contribution in [1.82, 2.24) is 10.2 Å². The van der Waals surface area contributed by atoms with Crippen LogP contribution >= 0.6 is 0 Å². The van der Waals surface area contributed by atoms with Gasteiger partial charge in [-0.25, -0.2) is 0 Å². The van der Waals surface area contributed by atoms with E-state index in [2.05, 4.69) is 22.3 Å². The average Bonchev–Trinajstić information content (AvgIpc) is 2.40. The molecular weight excluding hydrogens is 250 g/mol. The molecular formula is C16H25N3O. The molecule has 0 aliphatic carbocycles. The highest BCUT2D eigenvalue weighted by Gasteiger charge is 2.18. The molecule has 1 heterocycles. The van der Waals surface area contributed by atoms with E-state index >= 15 is 0 Å². The van der Waals surface area contributed by atoms with E-state index < -0.39 is 0 Å². The van der Waals surface area contributed by atoms with Crippen molar-refractivity contribution in [2.75, 3.05) is 25.4 Å². The maximum atomic E-state index is 11.0. The number of hydrogen-bond acceptors (Lipinski definition) is 3. The summed E-state index contributed by atoms with van der Waals surface area (Å²) in [4.78, 5) is 13.5. The van der Waals surface area contributed by atoms with E-state index in [-0.39, 0.29) is 5.91 Å². The van der Waals surface area contributed by atoms with Crippen molar-refractivity contribution in [3.05, 3.63) is 29.8 Å². The fraction of sp³-hybridized carbons (Fsp3) is 0.562. The summed E-state index contributed by atoms with van der Waals surface area (Å²) in [5.41, 5.74) is 7.95. The van der Waals surface area contributed by atoms with Crippen LogP contribution in [0.15, 0.2) is 24.3 Å². The van der Waals surface area contributed by atoms with Crippen molar-refractivity contribution in [3.8, 4) is 0 Å². The topological polar surface area (TPSA) is 58.4 Å². The van der Waals surface area contributed by atoms with Gasteiger partial charge in [0, 0.05) is 31.7 Å². The first kappa shape index (κ1) is 14.9. The molecule has 110 valence electrons. The Morgan fingerprint density at radius 2 is 2.15 bits per heavy atom. The van der Waals surface area contributed by atoms with Gasteiger partial charge in [0.15, 0.2) is 0 Å². The van der Waals surface area contributed by atoms with Crippen LogP contribution in [0.3, 0.4) is 0 Å². The van der Waals surface area contributed by atoms with Crippen LogP contribution in [0.4, 0.5) is 5.69 Å². The van der Waals surface area contributed by atoms with Crippen molar-refractivity contribution < 1.29 is 4.79 Å². The van der Waals surface area contributed by atoms with Crippen LogP contribution in [0.2, 0.25) is 0 Å². The molecule has 1 aromatic rings. The maximum Gasteiger partial charge on any atom is 0.217 e. The zero-order valence-corrected chi connectivity index (χ0v) is 12.3. The van der Waals surface area contributed by atoms with Gasteiger partial charge in [-0.15, -0.1) is 0 Å². The number of rotatable bonds is 5. The standard InChI is InChI=1S/C16H25N3O/c1-13(20)18-16-7-10-19(11-8-16)9-3-5-14-4-2-6-15(17)12-14/h2,4,6,12,16H,3,5,7-11,17H2,1H3,(H,18,20). The molecule has 20 heavy (non-hydrogen) atoms. The number of nitrogen functional groups attached to an aromatic ring is 1. The molecule has 1 fully saturated rings. The number of nitrogens with one attached hydrogen (secondary N) is 1. The molecule has 0 spiro atoms. The summed E-state index contributed by atoms with van der Waals surface area (Å²) in [7, 11) is 0. The molecule has 1 amide bonds. The normalized spacial score (nSPS) is 17.1. The third-order valence-electron chi connectivity index (χ3n) is 3.89. The number of carbonyl (C=O) groups excluding carboxylic acids is 1. The van der Waals surface area contributed by atoms with Gasteiger partial charge in [-0.1, -0.05) is 12.1 Å². The molecule has 0 saturated carbocycles. The zero-order chi connectivity index (χ0) is 14.4. The Labute approximate surface area is 121 Å². The molecule has 1 saturated heterocycles. The van der Waals surface area contributed by atoms with E-state index in [1.54, 1.807) is 6.92 Å². The number of nitrogens with zero attached hydrogens (tertiary/aromatic N) is 1. The molecule has 3 N–H and O–H groups in total. The van der Waals surface area contributed by atoms with Crippen LogP contribution < -0.4 is 11.1 Å². The van der Waals surface area contributed by atoms with Gasteiger partial charge in [0.25, 0.3) is 0 Å². The number of nitrogens with two attached hydrogens (primary N) is 1. The Kier molecular flexibility index (Phi) is 5.41. The van der Waals surface area contributed by atoms with Crippen LogP contribution in [0.5, 0.6) is 0 Å². The zero-order valence-electron chi connectivity index (χ0n) is 12.3. The lowest BCUT2D eigenvalue weighted by atomic mass is 10.0. The summed E-state index contributed by atoms with van der Waals surface area (Å²) in [6, 6.07) is 8.51. The Balaban J connectivity index is 1.65. The Morgan fingerprint density at radius 1 is 1.40 bits per heavy atom. The minimum atomic E-state index is 0.0881. The van der Waals surface area contributed by atoms with Crippen molar-refractivity contribution in [2.45, 2.75) is 38.6 Å². The molecule has 2 rings (SSSR count). The van der Waals surface area contributed by atoms with E-state index in [1.165, 1.54) is 5.56 Å². The third-order valence-corrected chi connectivity index (χ3v) is 3.89. The summed E-state index contributed by atoms with van der Waals surface area (Å²) >= 11 is 0. The van der Waals surface area contributed by atoms with E-state index in [1.807, 2.05) is 12.1 Å². The number of piperidine rings is 1. The first-order valence-corrected chi connectivity index (χ1v) is 7.47. The summed E-state index contributed by atoms with van der Waals surface area (Å²) < 4.78 is 0. The van der Waals surface area contributed by atoms with Gasteiger partial charge in [0.2, 0.25) is 5.91 Å². The lowest BCUT2D eigenvalue weighted by molar-refractivity contribution is -0.119. The second-order valence-corrected chi connectivity index (χ2v) is 5.67. The van der Waals surface area contributed by atoms with Crippen LogP contribution in [0, 0.1) is 0 Å². The lowest BCUT2D eigenvalue weighted by Gasteiger charge is -2.32. The molecule has 1 aliphatic rings. The van der Waals surface area contributed by atoms with Gasteiger partial charge in [-0.3, -0.25) is 4.79 Å². The Morgan fingerprint density at radius 3 is 2.80 bits per heavy atom. The highest BCUT2D eigenvalue weighted by atomic mass is 16.1. The number of aryl methyl sites for hydroxylation is 1. The summed E-state index contributed by atoms with van der Waals surface area (Å²) in [5, 5.41) is 3.01. The summed E-state index contributed by atoms with van der Waals surface area (Å²) in [6.45, 7) is 4.89. The molecule has 4 nitrogen and oxygen atoms in total. The van der Waals surface area contributed by atoms with Crippen molar-refractivity contribution in [1.29, 1.82) is 0 Å². The second-order valence-electron chi connectivity index (χ2n) is 5.67.